The molecule has 0 atom stereocenters. The number of anilines is 1. The molecule has 0 bridgehead atoms. The van der Waals surface area contributed by atoms with Crippen LogP contribution in [0.1, 0.15) is 20.8 Å². The van der Waals surface area contributed by atoms with Gasteiger partial charge in [-0.1, -0.05) is 11.6 Å². The van der Waals surface area contributed by atoms with Crippen LogP contribution in [0.2, 0.25) is 5.02 Å². The van der Waals surface area contributed by atoms with Gasteiger partial charge in [0.1, 0.15) is 17.2 Å². The Labute approximate surface area is 103 Å². The number of amides is 1. The summed E-state index contributed by atoms with van der Waals surface area (Å²) in [6.45, 7) is 5.00. The molecule has 3 nitrogen and oxygen atoms in total. The number of rotatable bonds is 1. The van der Waals surface area contributed by atoms with E-state index in [1.54, 1.807) is 20.8 Å². The average Bonchev–Trinajstić information content (AvgIpc) is 2.11. The smallest absolute Gasteiger partial charge is 0.412 e. The molecule has 0 saturated carbocycles. The third kappa shape index (κ3) is 4.19. The number of nitrogens with one attached hydrogen (secondary N) is 1. The number of hydrogen-bond donors (Lipinski definition) is 1. The molecule has 6 heteroatoms. The first-order valence-electron chi connectivity index (χ1n) is 4.83. The maximum absolute atomic E-state index is 13.3. The Bertz CT molecular complexity index is 444. The number of carbonyl (C=O) groups is 1. The van der Waals surface area contributed by atoms with Gasteiger partial charge in [0.05, 0.1) is 10.7 Å². The number of ether oxygens (including phenoxy) is 1. The molecular weight excluding hydrogens is 252 g/mol. The van der Waals surface area contributed by atoms with Gasteiger partial charge in [-0.3, -0.25) is 5.32 Å². The van der Waals surface area contributed by atoms with E-state index in [0.717, 1.165) is 6.07 Å². The van der Waals surface area contributed by atoms with E-state index in [9.17, 15) is 13.6 Å². The first-order chi connectivity index (χ1) is 7.69. The molecule has 0 aliphatic heterocycles. The molecule has 0 fully saturated rings. The van der Waals surface area contributed by atoms with E-state index in [1.807, 2.05) is 0 Å². The summed E-state index contributed by atoms with van der Waals surface area (Å²) in [4.78, 5) is 11.3. The van der Waals surface area contributed by atoms with E-state index in [1.165, 1.54) is 0 Å². The zero-order chi connectivity index (χ0) is 13.2. The van der Waals surface area contributed by atoms with Crippen LogP contribution in [0.4, 0.5) is 19.3 Å². The van der Waals surface area contributed by atoms with E-state index in [2.05, 4.69) is 5.32 Å². The van der Waals surface area contributed by atoms with Crippen LogP contribution >= 0.6 is 11.6 Å². The topological polar surface area (TPSA) is 38.3 Å². The van der Waals surface area contributed by atoms with E-state index in [-0.39, 0.29) is 10.7 Å². The number of halogens is 3. The number of benzene rings is 1. The van der Waals surface area contributed by atoms with Gasteiger partial charge in [-0.05, 0) is 26.8 Å². The van der Waals surface area contributed by atoms with Gasteiger partial charge in [-0.15, -0.1) is 0 Å². The fourth-order valence-electron chi connectivity index (χ4n) is 1.03. The summed E-state index contributed by atoms with van der Waals surface area (Å²) < 4.78 is 31.0. The minimum atomic E-state index is -0.919. The first kappa shape index (κ1) is 13.7. The van der Waals surface area contributed by atoms with Gasteiger partial charge in [0.15, 0.2) is 0 Å². The molecule has 94 valence electrons. The second kappa shape index (κ2) is 4.87. The van der Waals surface area contributed by atoms with Gasteiger partial charge in [-0.2, -0.15) is 0 Å². The van der Waals surface area contributed by atoms with Crippen molar-refractivity contribution in [3.63, 3.8) is 0 Å². The highest BCUT2D eigenvalue weighted by Gasteiger charge is 2.18. The summed E-state index contributed by atoms with van der Waals surface area (Å²) in [7, 11) is 0. The van der Waals surface area contributed by atoms with Gasteiger partial charge < -0.3 is 4.74 Å². The molecule has 0 saturated heterocycles. The minimum Gasteiger partial charge on any atom is -0.444 e. The normalized spacial score (nSPS) is 11.2. The molecule has 0 aliphatic carbocycles. The zero-order valence-electron chi connectivity index (χ0n) is 9.61. The molecular formula is C11H12ClF2NO2. The lowest BCUT2D eigenvalue weighted by Crippen LogP contribution is -2.27. The summed E-state index contributed by atoms with van der Waals surface area (Å²) in [5.41, 5.74) is -0.935. The monoisotopic (exact) mass is 263 g/mol. The highest BCUT2D eigenvalue weighted by Crippen LogP contribution is 2.23. The highest BCUT2D eigenvalue weighted by atomic mass is 35.5. The standard InChI is InChI=1S/C11H12ClF2NO2/c1-11(2,3)17-10(16)15-9-4-6(12)7(13)5-8(9)14/h4-5H,1-3H3,(H,15,16). The van der Waals surface area contributed by atoms with E-state index < -0.39 is 23.3 Å². The summed E-state index contributed by atoms with van der Waals surface area (Å²) >= 11 is 5.47. The molecule has 0 aromatic heterocycles. The molecule has 0 heterocycles. The minimum absolute atomic E-state index is 0.231. The van der Waals surface area contributed by atoms with Crippen molar-refractivity contribution in [1.29, 1.82) is 0 Å². The van der Waals surface area contributed by atoms with Crippen LogP contribution in [0.15, 0.2) is 12.1 Å². The zero-order valence-corrected chi connectivity index (χ0v) is 10.4. The van der Waals surface area contributed by atoms with E-state index >= 15 is 0 Å². The van der Waals surface area contributed by atoms with Crippen LogP contribution < -0.4 is 5.32 Å². The molecule has 0 radical (unpaired) electrons. The summed E-state index contributed by atoms with van der Waals surface area (Å²) in [6, 6.07) is 1.57. The molecule has 1 N–H and O–H groups in total. The number of hydrogen-bond acceptors (Lipinski definition) is 2. The van der Waals surface area contributed by atoms with Gasteiger partial charge in [-0.25, -0.2) is 13.6 Å². The molecule has 0 aliphatic rings. The Morgan fingerprint density at radius 2 is 1.88 bits per heavy atom. The fourth-order valence-corrected chi connectivity index (χ4v) is 1.20. The lowest BCUT2D eigenvalue weighted by Gasteiger charge is -2.19. The van der Waals surface area contributed by atoms with Crippen LogP contribution in [0.3, 0.4) is 0 Å². The Morgan fingerprint density at radius 3 is 2.41 bits per heavy atom. The van der Waals surface area contributed by atoms with E-state index in [4.69, 9.17) is 16.3 Å². The van der Waals surface area contributed by atoms with Gasteiger partial charge >= 0.3 is 6.09 Å². The Kier molecular flexibility index (Phi) is 3.93. The Morgan fingerprint density at radius 1 is 1.29 bits per heavy atom. The maximum Gasteiger partial charge on any atom is 0.412 e. The van der Waals surface area contributed by atoms with Gasteiger partial charge in [0.2, 0.25) is 0 Å². The number of carbonyl (C=O) groups excluding carboxylic acids is 1. The van der Waals surface area contributed by atoms with Crippen LogP contribution in [0.25, 0.3) is 0 Å². The van der Waals surface area contributed by atoms with Crippen molar-refractivity contribution in [3.8, 4) is 0 Å². The molecule has 1 rings (SSSR count). The summed E-state index contributed by atoms with van der Waals surface area (Å²) in [5, 5.41) is 1.87. The molecule has 1 amide bonds. The van der Waals surface area contributed by atoms with Crippen molar-refractivity contribution in [2.75, 3.05) is 5.32 Å². The highest BCUT2D eigenvalue weighted by molar-refractivity contribution is 6.31. The SMILES string of the molecule is CC(C)(C)OC(=O)Nc1cc(Cl)c(F)cc1F. The van der Waals surface area contributed by atoms with Crippen LogP contribution in [0.5, 0.6) is 0 Å². The lowest BCUT2D eigenvalue weighted by atomic mass is 10.2. The van der Waals surface area contributed by atoms with Gasteiger partial charge in [0, 0.05) is 6.07 Å². The molecule has 1 aromatic carbocycles. The van der Waals surface area contributed by atoms with E-state index in [0.29, 0.717) is 6.07 Å². The summed E-state index contributed by atoms with van der Waals surface area (Å²) in [6.07, 6.45) is -0.834. The predicted octanol–water partition coefficient (Wildman–Crippen LogP) is 3.97. The predicted molar refractivity (Wildman–Crippen MR) is 61.2 cm³/mol. The maximum atomic E-state index is 13.3. The van der Waals surface area contributed by atoms with Crippen molar-refractivity contribution in [1.82, 2.24) is 0 Å². The molecule has 1 aromatic rings. The lowest BCUT2D eigenvalue weighted by molar-refractivity contribution is 0.0635. The average molecular weight is 264 g/mol. The molecule has 17 heavy (non-hydrogen) atoms. The molecule has 0 unspecified atom stereocenters. The van der Waals surface area contributed by atoms with Crippen molar-refractivity contribution in [2.24, 2.45) is 0 Å². The molecule has 0 spiro atoms. The Balaban J connectivity index is 2.82. The van der Waals surface area contributed by atoms with Crippen molar-refractivity contribution >= 4 is 23.4 Å². The van der Waals surface area contributed by atoms with Gasteiger partial charge in [0.25, 0.3) is 0 Å². The largest absolute Gasteiger partial charge is 0.444 e. The third-order valence-corrected chi connectivity index (χ3v) is 1.94. The second-order valence-corrected chi connectivity index (χ2v) is 4.78. The van der Waals surface area contributed by atoms with Crippen molar-refractivity contribution in [2.45, 2.75) is 26.4 Å². The van der Waals surface area contributed by atoms with Crippen molar-refractivity contribution in [3.05, 3.63) is 28.8 Å². The first-order valence-corrected chi connectivity index (χ1v) is 5.21. The summed E-state index contributed by atoms with van der Waals surface area (Å²) in [5.74, 6) is -1.81. The quantitative estimate of drug-likeness (QED) is 0.779. The Hall–Kier alpha value is -1.36. The van der Waals surface area contributed by atoms with Crippen molar-refractivity contribution < 1.29 is 18.3 Å². The fraction of sp³-hybridized carbons (Fsp3) is 0.364. The van der Waals surface area contributed by atoms with Crippen LogP contribution in [-0.4, -0.2) is 11.7 Å². The van der Waals surface area contributed by atoms with Crippen LogP contribution in [-0.2, 0) is 4.74 Å². The third-order valence-electron chi connectivity index (χ3n) is 1.65. The van der Waals surface area contributed by atoms with Crippen LogP contribution in [0, 0.1) is 11.6 Å². The second-order valence-electron chi connectivity index (χ2n) is 4.37.